The average molecular weight is 428 g/mol. The average Bonchev–Trinajstić information content (AvgIpc) is 2.93. The molecule has 1 aliphatic rings. The molecule has 0 spiro atoms. The van der Waals surface area contributed by atoms with Gasteiger partial charge < -0.3 is 4.90 Å². The number of amides is 3. The maximum Gasteiger partial charge on any atom is 0.332 e. The maximum atomic E-state index is 13.4. The zero-order valence-corrected chi connectivity index (χ0v) is 19.3. The number of hydrogen-bond donors (Lipinski definition) is 0. The Balaban J connectivity index is 1.62. The molecule has 0 bridgehead atoms. The molecule has 1 aliphatic heterocycles. The Morgan fingerprint density at radius 3 is 2.19 bits per heavy atom. The molecule has 0 radical (unpaired) electrons. The molecular weight excluding hydrogens is 398 g/mol. The predicted octanol–water partition coefficient (Wildman–Crippen LogP) is 5.79. The number of aromatic nitrogens is 1. The number of carbonyl (C=O) groups excluding carboxylic acids is 2. The molecule has 164 valence electrons. The summed E-state index contributed by atoms with van der Waals surface area (Å²) < 4.78 is 0. The van der Waals surface area contributed by atoms with Gasteiger partial charge in [-0.3, -0.25) is 9.78 Å². The molecule has 5 nitrogen and oxygen atoms in total. The number of nitrogens with zero attached hydrogens (tertiary/aromatic N) is 3. The SMILES string of the molecule is CC(C)(C)c1ccc(N2C(=O)N(Cc3ccnc(-c4ccccc4)c3)C(C)(C)C2=O)cc1. The maximum absolute atomic E-state index is 13.4. The van der Waals surface area contributed by atoms with Gasteiger partial charge in [-0.05, 0) is 54.7 Å². The van der Waals surface area contributed by atoms with Crippen LogP contribution in [0.25, 0.3) is 11.3 Å². The Hall–Kier alpha value is -3.47. The first-order valence-electron chi connectivity index (χ1n) is 10.9. The van der Waals surface area contributed by atoms with Crippen LogP contribution in [0.2, 0.25) is 0 Å². The molecule has 0 unspecified atom stereocenters. The van der Waals surface area contributed by atoms with Crippen LogP contribution in [0, 0.1) is 0 Å². The van der Waals surface area contributed by atoms with Crippen LogP contribution in [0.4, 0.5) is 10.5 Å². The van der Waals surface area contributed by atoms with E-state index in [2.05, 4.69) is 25.8 Å². The molecular formula is C27H29N3O2. The van der Waals surface area contributed by atoms with Crippen molar-refractivity contribution in [2.75, 3.05) is 4.90 Å². The highest BCUT2D eigenvalue weighted by atomic mass is 16.2. The van der Waals surface area contributed by atoms with Crippen molar-refractivity contribution in [2.24, 2.45) is 0 Å². The predicted molar refractivity (Wildman–Crippen MR) is 127 cm³/mol. The molecule has 0 atom stereocenters. The van der Waals surface area contributed by atoms with Gasteiger partial charge in [0.05, 0.1) is 11.4 Å². The summed E-state index contributed by atoms with van der Waals surface area (Å²) in [6.07, 6.45) is 1.75. The first kappa shape index (κ1) is 21.8. The second-order valence-corrected chi connectivity index (χ2v) is 9.78. The molecule has 1 aromatic heterocycles. The third kappa shape index (κ3) is 3.91. The van der Waals surface area contributed by atoms with E-state index in [0.29, 0.717) is 12.2 Å². The quantitative estimate of drug-likeness (QED) is 0.495. The van der Waals surface area contributed by atoms with Crippen LogP contribution >= 0.6 is 0 Å². The normalized spacial score (nSPS) is 16.0. The lowest BCUT2D eigenvalue weighted by atomic mass is 9.87. The smallest absolute Gasteiger partial charge is 0.305 e. The summed E-state index contributed by atoms with van der Waals surface area (Å²) in [5.41, 5.74) is 3.59. The Morgan fingerprint density at radius 1 is 0.906 bits per heavy atom. The van der Waals surface area contributed by atoms with E-state index in [-0.39, 0.29) is 17.4 Å². The summed E-state index contributed by atoms with van der Waals surface area (Å²) in [6, 6.07) is 21.2. The molecule has 2 aromatic carbocycles. The Labute approximate surface area is 189 Å². The topological polar surface area (TPSA) is 53.5 Å². The minimum Gasteiger partial charge on any atom is -0.305 e. The third-order valence-corrected chi connectivity index (χ3v) is 6.05. The van der Waals surface area contributed by atoms with Crippen molar-refractivity contribution in [3.05, 3.63) is 84.1 Å². The summed E-state index contributed by atoms with van der Waals surface area (Å²) in [5, 5.41) is 0. The Bertz CT molecular complexity index is 1150. The van der Waals surface area contributed by atoms with E-state index in [4.69, 9.17) is 0 Å². The van der Waals surface area contributed by atoms with Gasteiger partial charge in [-0.15, -0.1) is 0 Å². The van der Waals surface area contributed by atoms with Crippen molar-refractivity contribution in [3.8, 4) is 11.3 Å². The van der Waals surface area contributed by atoms with E-state index >= 15 is 0 Å². The first-order chi connectivity index (χ1) is 15.1. The number of pyridine rings is 1. The third-order valence-electron chi connectivity index (χ3n) is 6.05. The molecule has 5 heteroatoms. The van der Waals surface area contributed by atoms with E-state index in [0.717, 1.165) is 22.4 Å². The zero-order chi connectivity index (χ0) is 23.1. The minimum atomic E-state index is -0.948. The fourth-order valence-corrected chi connectivity index (χ4v) is 3.96. The van der Waals surface area contributed by atoms with Gasteiger partial charge in [-0.2, -0.15) is 0 Å². The molecule has 1 fully saturated rings. The van der Waals surface area contributed by atoms with E-state index in [1.807, 2.05) is 66.7 Å². The number of hydrogen-bond acceptors (Lipinski definition) is 3. The molecule has 0 saturated carbocycles. The first-order valence-corrected chi connectivity index (χ1v) is 10.9. The van der Waals surface area contributed by atoms with Crippen LogP contribution in [0.5, 0.6) is 0 Å². The van der Waals surface area contributed by atoms with E-state index in [1.54, 1.807) is 24.9 Å². The molecule has 0 aliphatic carbocycles. The molecule has 0 N–H and O–H groups in total. The van der Waals surface area contributed by atoms with Crippen molar-refractivity contribution in [1.29, 1.82) is 0 Å². The van der Waals surface area contributed by atoms with Gasteiger partial charge in [0.25, 0.3) is 5.91 Å². The largest absolute Gasteiger partial charge is 0.332 e. The molecule has 32 heavy (non-hydrogen) atoms. The highest BCUT2D eigenvalue weighted by Crippen LogP contribution is 2.34. The number of benzene rings is 2. The zero-order valence-electron chi connectivity index (χ0n) is 19.3. The second-order valence-electron chi connectivity index (χ2n) is 9.78. The van der Waals surface area contributed by atoms with Gasteiger partial charge >= 0.3 is 6.03 Å². The summed E-state index contributed by atoms with van der Waals surface area (Å²) in [5.74, 6) is -0.219. The molecule has 1 saturated heterocycles. The van der Waals surface area contributed by atoms with Gasteiger partial charge in [0, 0.05) is 18.3 Å². The number of urea groups is 1. The summed E-state index contributed by atoms with van der Waals surface area (Å²) in [4.78, 5) is 34.0. The number of imide groups is 1. The monoisotopic (exact) mass is 427 g/mol. The lowest BCUT2D eigenvalue weighted by Gasteiger charge is -2.27. The fourth-order valence-electron chi connectivity index (χ4n) is 3.96. The molecule has 3 aromatic rings. The molecule has 3 amide bonds. The van der Waals surface area contributed by atoms with E-state index in [9.17, 15) is 9.59 Å². The highest BCUT2D eigenvalue weighted by Gasteiger charge is 2.51. The van der Waals surface area contributed by atoms with Crippen LogP contribution in [0.1, 0.15) is 45.7 Å². The molecule has 4 rings (SSSR count). The van der Waals surface area contributed by atoms with Crippen LogP contribution in [0.15, 0.2) is 72.9 Å². The van der Waals surface area contributed by atoms with E-state index < -0.39 is 5.54 Å². The highest BCUT2D eigenvalue weighted by molar-refractivity contribution is 6.22. The number of rotatable bonds is 4. The van der Waals surface area contributed by atoms with Gasteiger partial charge in [0.15, 0.2) is 0 Å². The number of carbonyl (C=O) groups is 2. The van der Waals surface area contributed by atoms with Gasteiger partial charge in [-0.1, -0.05) is 63.2 Å². The molecule has 2 heterocycles. The van der Waals surface area contributed by atoms with Gasteiger partial charge in [0.1, 0.15) is 5.54 Å². The number of anilines is 1. The summed E-state index contributed by atoms with van der Waals surface area (Å²) in [7, 11) is 0. The van der Waals surface area contributed by atoms with Gasteiger partial charge in [-0.25, -0.2) is 9.69 Å². The second kappa shape index (κ2) is 7.90. The van der Waals surface area contributed by atoms with Crippen molar-refractivity contribution >= 4 is 17.6 Å². The van der Waals surface area contributed by atoms with Crippen LogP contribution in [0.3, 0.4) is 0 Å². The summed E-state index contributed by atoms with van der Waals surface area (Å²) in [6.45, 7) is 10.3. The van der Waals surface area contributed by atoms with Crippen LogP contribution < -0.4 is 4.90 Å². The Kier molecular flexibility index (Phi) is 5.37. The lowest BCUT2D eigenvalue weighted by Crippen LogP contribution is -2.43. The standard InChI is InChI=1S/C27H29N3O2/c1-26(2,3)21-11-13-22(14-12-21)30-24(31)27(4,5)29(25(30)32)18-19-15-16-28-23(17-19)20-9-7-6-8-10-20/h6-17H,18H2,1-5H3. The van der Waals surface area contributed by atoms with Crippen molar-refractivity contribution in [2.45, 2.75) is 52.1 Å². The minimum absolute atomic E-state index is 0.000664. The van der Waals surface area contributed by atoms with Crippen molar-refractivity contribution in [1.82, 2.24) is 9.88 Å². The van der Waals surface area contributed by atoms with Crippen molar-refractivity contribution in [3.63, 3.8) is 0 Å². The van der Waals surface area contributed by atoms with Crippen LogP contribution in [-0.4, -0.2) is 27.4 Å². The van der Waals surface area contributed by atoms with Crippen molar-refractivity contribution < 1.29 is 9.59 Å². The van der Waals surface area contributed by atoms with E-state index in [1.165, 1.54) is 4.90 Å². The van der Waals surface area contributed by atoms with Gasteiger partial charge in [0.2, 0.25) is 0 Å². The fraction of sp³-hybridized carbons (Fsp3) is 0.296. The lowest BCUT2D eigenvalue weighted by molar-refractivity contribution is -0.123. The Morgan fingerprint density at radius 2 is 1.56 bits per heavy atom. The van der Waals surface area contributed by atoms with Crippen LogP contribution in [-0.2, 0) is 16.8 Å². The summed E-state index contributed by atoms with van der Waals surface area (Å²) >= 11 is 0.